The summed E-state index contributed by atoms with van der Waals surface area (Å²) in [6, 6.07) is 9.03. The second-order valence-corrected chi connectivity index (χ2v) is 6.69. The molecule has 0 bridgehead atoms. The molecule has 0 radical (unpaired) electrons. The standard InChI is InChI=1S/C18H19ClN2O4S/c1-4-24-16(22)15(17(23)25-5-2)26-18-20-11(3)10-14(21-18)12-6-8-13(19)9-7-12/h6-10,15H,4-5H2,1-3H3. The minimum atomic E-state index is -1.17. The Morgan fingerprint density at radius 3 is 2.19 bits per heavy atom. The van der Waals surface area contributed by atoms with Crippen LogP contribution in [0.1, 0.15) is 19.5 Å². The maximum atomic E-state index is 12.1. The molecular formula is C18H19ClN2O4S. The van der Waals surface area contributed by atoms with Crippen LogP contribution in [0.15, 0.2) is 35.5 Å². The van der Waals surface area contributed by atoms with E-state index in [0.717, 1.165) is 17.3 Å². The lowest BCUT2D eigenvalue weighted by Crippen LogP contribution is -2.31. The number of benzene rings is 1. The minimum absolute atomic E-state index is 0.167. The Morgan fingerprint density at radius 2 is 1.65 bits per heavy atom. The number of ether oxygens (including phenoxy) is 2. The molecule has 0 spiro atoms. The molecule has 0 fully saturated rings. The van der Waals surface area contributed by atoms with E-state index < -0.39 is 17.2 Å². The Hall–Kier alpha value is -2.12. The Bertz CT molecular complexity index is 765. The van der Waals surface area contributed by atoms with E-state index in [-0.39, 0.29) is 13.2 Å². The van der Waals surface area contributed by atoms with E-state index in [0.29, 0.717) is 21.6 Å². The zero-order chi connectivity index (χ0) is 19.1. The molecule has 0 amide bonds. The Labute approximate surface area is 161 Å². The van der Waals surface area contributed by atoms with E-state index in [9.17, 15) is 9.59 Å². The van der Waals surface area contributed by atoms with Crippen LogP contribution >= 0.6 is 23.4 Å². The van der Waals surface area contributed by atoms with Crippen molar-refractivity contribution >= 4 is 35.3 Å². The second-order valence-electron chi connectivity index (χ2n) is 5.19. The van der Waals surface area contributed by atoms with E-state index in [1.807, 2.05) is 25.1 Å². The zero-order valence-corrected chi connectivity index (χ0v) is 16.3. The molecule has 2 rings (SSSR count). The molecule has 8 heteroatoms. The minimum Gasteiger partial charge on any atom is -0.465 e. The average Bonchev–Trinajstić information content (AvgIpc) is 2.60. The van der Waals surface area contributed by atoms with Gasteiger partial charge >= 0.3 is 11.9 Å². The quantitative estimate of drug-likeness (QED) is 0.306. The highest BCUT2D eigenvalue weighted by molar-refractivity contribution is 8.01. The predicted octanol–water partition coefficient (Wildman–Crippen LogP) is 3.69. The van der Waals surface area contributed by atoms with Crippen molar-refractivity contribution in [1.82, 2.24) is 9.97 Å². The van der Waals surface area contributed by atoms with Gasteiger partial charge in [0.1, 0.15) is 0 Å². The fourth-order valence-corrected chi connectivity index (χ4v) is 3.11. The Morgan fingerprint density at radius 1 is 1.08 bits per heavy atom. The van der Waals surface area contributed by atoms with Gasteiger partial charge in [-0.25, -0.2) is 9.97 Å². The fourth-order valence-electron chi connectivity index (χ4n) is 2.10. The van der Waals surface area contributed by atoms with Crippen LogP contribution in [0, 0.1) is 6.92 Å². The van der Waals surface area contributed by atoms with Crippen molar-refractivity contribution in [3.05, 3.63) is 41.0 Å². The van der Waals surface area contributed by atoms with Gasteiger partial charge in [-0.15, -0.1) is 0 Å². The Kier molecular flexibility index (Phi) is 7.41. The maximum Gasteiger partial charge on any atom is 0.331 e. The molecule has 0 saturated carbocycles. The van der Waals surface area contributed by atoms with Gasteiger partial charge in [0.25, 0.3) is 0 Å². The number of hydrogen-bond acceptors (Lipinski definition) is 7. The molecule has 0 unspecified atom stereocenters. The van der Waals surface area contributed by atoms with Gasteiger partial charge in [0.2, 0.25) is 5.25 Å². The lowest BCUT2D eigenvalue weighted by atomic mass is 10.1. The summed E-state index contributed by atoms with van der Waals surface area (Å²) in [6.45, 7) is 5.49. The molecule has 1 aromatic carbocycles. The van der Waals surface area contributed by atoms with E-state index in [1.165, 1.54) is 0 Å². The molecule has 0 aliphatic rings. The van der Waals surface area contributed by atoms with E-state index in [4.69, 9.17) is 21.1 Å². The lowest BCUT2D eigenvalue weighted by molar-refractivity contribution is -0.152. The molecule has 1 heterocycles. The summed E-state index contributed by atoms with van der Waals surface area (Å²) in [7, 11) is 0. The van der Waals surface area contributed by atoms with Crippen molar-refractivity contribution in [2.45, 2.75) is 31.2 Å². The van der Waals surface area contributed by atoms with Crippen LogP contribution in [-0.2, 0) is 19.1 Å². The number of carbonyl (C=O) groups is 2. The molecule has 0 saturated heterocycles. The van der Waals surface area contributed by atoms with Gasteiger partial charge in [0.05, 0.1) is 18.9 Å². The van der Waals surface area contributed by atoms with Gasteiger partial charge in [-0.2, -0.15) is 0 Å². The van der Waals surface area contributed by atoms with Crippen LogP contribution in [0.2, 0.25) is 5.02 Å². The summed E-state index contributed by atoms with van der Waals surface area (Å²) in [5, 5.41) is -0.255. The SMILES string of the molecule is CCOC(=O)C(Sc1nc(C)cc(-c2ccc(Cl)cc2)n1)C(=O)OCC. The number of hydrogen-bond donors (Lipinski definition) is 0. The van der Waals surface area contributed by atoms with Crippen molar-refractivity contribution in [2.24, 2.45) is 0 Å². The molecule has 1 aromatic heterocycles. The van der Waals surface area contributed by atoms with Crippen LogP contribution in [-0.4, -0.2) is 40.4 Å². The molecule has 0 atom stereocenters. The first kappa shape index (κ1) is 20.2. The van der Waals surface area contributed by atoms with Gasteiger partial charge in [0.15, 0.2) is 5.16 Å². The largest absolute Gasteiger partial charge is 0.465 e. The van der Waals surface area contributed by atoms with Crippen LogP contribution in [0.5, 0.6) is 0 Å². The molecule has 2 aromatic rings. The topological polar surface area (TPSA) is 78.4 Å². The number of nitrogens with zero attached hydrogens (tertiary/aromatic N) is 2. The highest BCUT2D eigenvalue weighted by Crippen LogP contribution is 2.26. The van der Waals surface area contributed by atoms with E-state index in [1.54, 1.807) is 26.0 Å². The highest BCUT2D eigenvalue weighted by atomic mass is 35.5. The third-order valence-electron chi connectivity index (χ3n) is 3.20. The maximum absolute atomic E-state index is 12.1. The summed E-state index contributed by atoms with van der Waals surface area (Å²) < 4.78 is 9.94. The molecular weight excluding hydrogens is 376 g/mol. The number of esters is 2. The number of carbonyl (C=O) groups excluding carboxylic acids is 2. The van der Waals surface area contributed by atoms with Crippen LogP contribution in [0.25, 0.3) is 11.3 Å². The van der Waals surface area contributed by atoms with E-state index in [2.05, 4.69) is 9.97 Å². The molecule has 0 aliphatic heterocycles. The summed E-state index contributed by atoms with van der Waals surface area (Å²) in [5.74, 6) is -1.34. The first-order valence-electron chi connectivity index (χ1n) is 8.06. The first-order valence-corrected chi connectivity index (χ1v) is 9.31. The monoisotopic (exact) mass is 394 g/mol. The summed E-state index contributed by atoms with van der Waals surface area (Å²) >= 11 is 6.83. The van der Waals surface area contributed by atoms with Crippen molar-refractivity contribution < 1.29 is 19.1 Å². The summed E-state index contributed by atoms with van der Waals surface area (Å²) in [6.07, 6.45) is 0. The molecule has 6 nitrogen and oxygen atoms in total. The normalized spacial score (nSPS) is 10.7. The van der Waals surface area contributed by atoms with Crippen LogP contribution in [0.4, 0.5) is 0 Å². The van der Waals surface area contributed by atoms with Gasteiger partial charge in [0, 0.05) is 16.3 Å². The highest BCUT2D eigenvalue weighted by Gasteiger charge is 2.32. The van der Waals surface area contributed by atoms with Crippen LogP contribution in [0.3, 0.4) is 0 Å². The Balaban J connectivity index is 2.32. The van der Waals surface area contributed by atoms with Crippen LogP contribution < -0.4 is 0 Å². The van der Waals surface area contributed by atoms with Gasteiger partial charge in [-0.1, -0.05) is 35.5 Å². The van der Waals surface area contributed by atoms with Gasteiger partial charge in [-0.05, 0) is 39.0 Å². The molecule has 26 heavy (non-hydrogen) atoms. The lowest BCUT2D eigenvalue weighted by Gasteiger charge is -2.14. The smallest absolute Gasteiger partial charge is 0.331 e. The number of rotatable bonds is 7. The average molecular weight is 395 g/mol. The summed E-state index contributed by atoms with van der Waals surface area (Å²) in [4.78, 5) is 33.0. The van der Waals surface area contributed by atoms with Crippen molar-refractivity contribution in [2.75, 3.05) is 13.2 Å². The summed E-state index contributed by atoms with van der Waals surface area (Å²) in [5.41, 5.74) is 2.23. The predicted molar refractivity (Wildman–Crippen MR) is 100 cm³/mol. The molecule has 138 valence electrons. The third-order valence-corrected chi connectivity index (χ3v) is 4.46. The number of aryl methyl sites for hydroxylation is 1. The van der Waals surface area contributed by atoms with Crippen molar-refractivity contribution in [3.63, 3.8) is 0 Å². The molecule has 0 aliphatic carbocycles. The van der Waals surface area contributed by atoms with Crippen molar-refractivity contribution in [3.8, 4) is 11.3 Å². The first-order chi connectivity index (χ1) is 12.4. The van der Waals surface area contributed by atoms with Gasteiger partial charge < -0.3 is 9.47 Å². The van der Waals surface area contributed by atoms with E-state index >= 15 is 0 Å². The number of halogens is 1. The zero-order valence-electron chi connectivity index (χ0n) is 14.7. The van der Waals surface area contributed by atoms with Crippen molar-refractivity contribution in [1.29, 1.82) is 0 Å². The number of aromatic nitrogens is 2. The van der Waals surface area contributed by atoms with Gasteiger partial charge in [-0.3, -0.25) is 9.59 Å². The molecule has 0 N–H and O–H groups in total. The third kappa shape index (κ3) is 5.44. The fraction of sp³-hybridized carbons (Fsp3) is 0.333. The second kappa shape index (κ2) is 9.54. The number of thioether (sulfide) groups is 1.